The van der Waals surface area contributed by atoms with E-state index >= 15 is 0 Å². The Kier molecular flexibility index (Phi) is 3.73. The molecule has 1 aromatic carbocycles. The van der Waals surface area contributed by atoms with Gasteiger partial charge in [-0.1, -0.05) is 0 Å². The Morgan fingerprint density at radius 1 is 1.24 bits per heavy atom. The number of ether oxygens (including phenoxy) is 1. The second kappa shape index (κ2) is 5.54. The Morgan fingerprint density at radius 2 is 1.95 bits per heavy atom. The molecule has 0 spiro atoms. The minimum atomic E-state index is -3.52. The Bertz CT molecular complexity index is 688. The number of benzene rings is 1. The van der Waals surface area contributed by atoms with Crippen molar-refractivity contribution in [3.63, 3.8) is 0 Å². The van der Waals surface area contributed by atoms with Crippen molar-refractivity contribution in [3.05, 3.63) is 48.4 Å². The van der Waals surface area contributed by atoms with Crippen LogP contribution in [0.4, 0.5) is 0 Å². The molecule has 1 aliphatic carbocycles. The molecule has 0 atom stereocenters. The molecule has 1 aliphatic rings. The molecule has 112 valence electrons. The van der Waals surface area contributed by atoms with Gasteiger partial charge < -0.3 is 9.15 Å². The molecule has 0 aliphatic heterocycles. The highest BCUT2D eigenvalue weighted by atomic mass is 32.2. The number of hydrogen-bond donors (Lipinski definition) is 0. The van der Waals surface area contributed by atoms with Gasteiger partial charge in [-0.15, -0.1) is 0 Å². The van der Waals surface area contributed by atoms with E-state index in [0.717, 1.165) is 12.8 Å². The zero-order valence-electron chi connectivity index (χ0n) is 11.7. The normalized spacial score (nSPS) is 15.3. The Hall–Kier alpha value is -1.79. The quantitative estimate of drug-likeness (QED) is 0.823. The minimum absolute atomic E-state index is 0.0715. The molecule has 3 rings (SSSR count). The first-order valence-electron chi connectivity index (χ1n) is 6.79. The molecule has 1 saturated carbocycles. The Morgan fingerprint density at radius 3 is 2.48 bits per heavy atom. The lowest BCUT2D eigenvalue weighted by atomic mass is 10.3. The first-order valence-corrected chi connectivity index (χ1v) is 8.23. The Labute approximate surface area is 124 Å². The molecular formula is C15H17NO4S. The SMILES string of the molecule is COc1ccc(S(=O)(=O)N(Cc2ccco2)C2CC2)cc1. The maximum absolute atomic E-state index is 12.8. The number of nitrogens with zero attached hydrogens (tertiary/aromatic N) is 1. The highest BCUT2D eigenvalue weighted by Gasteiger charge is 2.38. The van der Waals surface area contributed by atoms with Crippen molar-refractivity contribution in [2.45, 2.75) is 30.3 Å². The lowest BCUT2D eigenvalue weighted by Gasteiger charge is -2.21. The number of furan rings is 1. The summed E-state index contributed by atoms with van der Waals surface area (Å²) in [5.74, 6) is 1.29. The van der Waals surface area contributed by atoms with Crippen molar-refractivity contribution in [1.82, 2.24) is 4.31 Å². The molecule has 0 N–H and O–H groups in total. The third-order valence-electron chi connectivity index (χ3n) is 3.51. The summed E-state index contributed by atoms with van der Waals surface area (Å²) in [6.45, 7) is 0.270. The van der Waals surface area contributed by atoms with Gasteiger partial charge in [-0.25, -0.2) is 8.42 Å². The molecule has 1 fully saturated rings. The van der Waals surface area contributed by atoms with E-state index in [1.54, 1.807) is 49.8 Å². The van der Waals surface area contributed by atoms with Crippen LogP contribution in [0.1, 0.15) is 18.6 Å². The molecule has 2 aromatic rings. The van der Waals surface area contributed by atoms with Crippen LogP contribution in [0.3, 0.4) is 0 Å². The molecule has 0 unspecified atom stereocenters. The summed E-state index contributed by atoms with van der Waals surface area (Å²) >= 11 is 0. The average Bonchev–Trinajstić information content (AvgIpc) is 3.20. The summed E-state index contributed by atoms with van der Waals surface area (Å²) in [5.41, 5.74) is 0. The topological polar surface area (TPSA) is 59.8 Å². The van der Waals surface area contributed by atoms with Crippen molar-refractivity contribution < 1.29 is 17.6 Å². The van der Waals surface area contributed by atoms with Gasteiger partial charge in [-0.2, -0.15) is 4.31 Å². The van der Waals surface area contributed by atoms with E-state index in [4.69, 9.17) is 9.15 Å². The molecule has 0 amide bonds. The summed E-state index contributed by atoms with van der Waals surface area (Å²) in [7, 11) is -1.97. The standard InChI is InChI=1S/C15H17NO4S/c1-19-13-6-8-15(9-7-13)21(17,18)16(12-4-5-12)11-14-3-2-10-20-14/h2-3,6-10,12H,4-5,11H2,1H3. The third kappa shape index (κ3) is 2.96. The van der Waals surface area contributed by atoms with Crippen LogP contribution >= 0.6 is 0 Å². The highest BCUT2D eigenvalue weighted by Crippen LogP contribution is 2.33. The van der Waals surface area contributed by atoms with Gasteiger partial charge in [-0.3, -0.25) is 0 Å². The molecule has 21 heavy (non-hydrogen) atoms. The zero-order valence-corrected chi connectivity index (χ0v) is 12.5. The van der Waals surface area contributed by atoms with E-state index in [2.05, 4.69) is 0 Å². The van der Waals surface area contributed by atoms with Crippen molar-refractivity contribution in [3.8, 4) is 5.75 Å². The number of methoxy groups -OCH3 is 1. The van der Waals surface area contributed by atoms with Crippen LogP contribution < -0.4 is 4.74 Å². The summed E-state index contributed by atoms with van der Waals surface area (Å²) in [6.07, 6.45) is 3.35. The summed E-state index contributed by atoms with van der Waals surface area (Å²) < 4.78 is 37.4. The monoisotopic (exact) mass is 307 g/mol. The Balaban J connectivity index is 1.89. The molecule has 0 bridgehead atoms. The van der Waals surface area contributed by atoms with Gasteiger partial charge in [0.15, 0.2) is 0 Å². The smallest absolute Gasteiger partial charge is 0.243 e. The maximum atomic E-state index is 12.8. The van der Waals surface area contributed by atoms with Crippen molar-refractivity contribution in [2.75, 3.05) is 7.11 Å². The van der Waals surface area contributed by atoms with Gasteiger partial charge >= 0.3 is 0 Å². The summed E-state index contributed by atoms with van der Waals surface area (Å²) in [6, 6.07) is 10.1. The van der Waals surface area contributed by atoms with Crippen LogP contribution in [0.2, 0.25) is 0 Å². The first kappa shape index (κ1) is 14.2. The molecule has 5 nitrogen and oxygen atoms in total. The number of rotatable bonds is 6. The van der Waals surface area contributed by atoms with E-state index in [1.165, 1.54) is 4.31 Å². The molecule has 1 heterocycles. The van der Waals surface area contributed by atoms with Gasteiger partial charge in [0, 0.05) is 6.04 Å². The highest BCUT2D eigenvalue weighted by molar-refractivity contribution is 7.89. The largest absolute Gasteiger partial charge is 0.497 e. The first-order chi connectivity index (χ1) is 10.1. The lowest BCUT2D eigenvalue weighted by Crippen LogP contribution is -2.32. The average molecular weight is 307 g/mol. The molecular weight excluding hydrogens is 290 g/mol. The molecule has 6 heteroatoms. The second-order valence-corrected chi connectivity index (χ2v) is 6.93. The maximum Gasteiger partial charge on any atom is 0.243 e. The fourth-order valence-electron chi connectivity index (χ4n) is 2.21. The van der Waals surface area contributed by atoms with Gasteiger partial charge in [0.1, 0.15) is 11.5 Å². The van der Waals surface area contributed by atoms with Crippen LogP contribution in [-0.2, 0) is 16.6 Å². The predicted molar refractivity (Wildman–Crippen MR) is 77.5 cm³/mol. The van der Waals surface area contributed by atoms with E-state index in [1.807, 2.05) is 0 Å². The van der Waals surface area contributed by atoms with Crippen molar-refractivity contribution >= 4 is 10.0 Å². The van der Waals surface area contributed by atoms with Crippen LogP contribution in [0.25, 0.3) is 0 Å². The third-order valence-corrected chi connectivity index (χ3v) is 5.42. The van der Waals surface area contributed by atoms with Gasteiger partial charge in [0.05, 0.1) is 24.8 Å². The predicted octanol–water partition coefficient (Wildman–Crippen LogP) is 2.64. The zero-order chi connectivity index (χ0) is 14.9. The van der Waals surface area contributed by atoms with E-state index in [9.17, 15) is 8.42 Å². The molecule has 1 aromatic heterocycles. The fourth-order valence-corrected chi connectivity index (χ4v) is 3.86. The lowest BCUT2D eigenvalue weighted by molar-refractivity contribution is 0.356. The molecule has 0 saturated heterocycles. The van der Waals surface area contributed by atoms with Gasteiger partial charge in [0.2, 0.25) is 10.0 Å². The van der Waals surface area contributed by atoms with Crippen molar-refractivity contribution in [2.24, 2.45) is 0 Å². The fraction of sp³-hybridized carbons (Fsp3) is 0.333. The van der Waals surface area contributed by atoms with Crippen LogP contribution in [0.15, 0.2) is 52.0 Å². The van der Waals surface area contributed by atoms with E-state index in [-0.39, 0.29) is 17.5 Å². The summed E-state index contributed by atoms with van der Waals surface area (Å²) in [5, 5.41) is 0. The second-order valence-electron chi connectivity index (χ2n) is 5.04. The summed E-state index contributed by atoms with van der Waals surface area (Å²) in [4.78, 5) is 0.279. The van der Waals surface area contributed by atoms with Gasteiger partial charge in [0.25, 0.3) is 0 Å². The van der Waals surface area contributed by atoms with Crippen LogP contribution in [-0.4, -0.2) is 25.9 Å². The van der Waals surface area contributed by atoms with E-state index < -0.39 is 10.0 Å². The van der Waals surface area contributed by atoms with Crippen LogP contribution in [0.5, 0.6) is 5.75 Å². The number of sulfonamides is 1. The van der Waals surface area contributed by atoms with Crippen LogP contribution in [0, 0.1) is 0 Å². The molecule has 0 radical (unpaired) electrons. The minimum Gasteiger partial charge on any atom is -0.497 e. The van der Waals surface area contributed by atoms with E-state index in [0.29, 0.717) is 11.5 Å². The van der Waals surface area contributed by atoms with Gasteiger partial charge in [-0.05, 0) is 49.2 Å². The van der Waals surface area contributed by atoms with Crippen molar-refractivity contribution in [1.29, 1.82) is 0 Å². The number of hydrogen-bond acceptors (Lipinski definition) is 4.